The maximum atomic E-state index is 10.5. The van der Waals surface area contributed by atoms with Crippen LogP contribution in [0.15, 0.2) is 0 Å². The van der Waals surface area contributed by atoms with E-state index in [2.05, 4.69) is 4.74 Å². The van der Waals surface area contributed by atoms with Crippen LogP contribution in [0, 0.1) is 0 Å². The van der Waals surface area contributed by atoms with Crippen molar-refractivity contribution in [2.75, 3.05) is 18.9 Å². The molecule has 0 amide bonds. The summed E-state index contributed by atoms with van der Waals surface area (Å²) in [5.74, 6) is 0.638. The number of hydrogen-bond acceptors (Lipinski definition) is 4. The third-order valence-electron chi connectivity index (χ3n) is 0.600. The molecule has 0 aliphatic rings. The minimum atomic E-state index is -0.233. The Labute approximate surface area is 58.9 Å². The number of ether oxygens (including phenoxy) is 1. The van der Waals surface area contributed by atoms with Crippen molar-refractivity contribution in [1.29, 1.82) is 0 Å². The van der Waals surface area contributed by atoms with Gasteiger partial charge in [0.05, 0.1) is 6.61 Å². The Balaban J connectivity index is 3.06. The van der Waals surface area contributed by atoms with E-state index >= 15 is 0 Å². The molecule has 0 aliphatic heterocycles. The molecule has 0 aromatic heterocycles. The van der Waals surface area contributed by atoms with Crippen molar-refractivity contribution < 1.29 is 9.53 Å². The van der Waals surface area contributed by atoms with Gasteiger partial charge in [0, 0.05) is 12.3 Å². The van der Waals surface area contributed by atoms with E-state index in [9.17, 15) is 4.79 Å². The van der Waals surface area contributed by atoms with Gasteiger partial charge in [-0.3, -0.25) is 0 Å². The normalized spacial score (nSPS) is 9.11. The van der Waals surface area contributed by atoms with Crippen molar-refractivity contribution in [1.82, 2.24) is 0 Å². The van der Waals surface area contributed by atoms with Gasteiger partial charge in [-0.15, -0.1) is 0 Å². The van der Waals surface area contributed by atoms with Gasteiger partial charge in [-0.2, -0.15) is 0 Å². The van der Waals surface area contributed by atoms with Gasteiger partial charge in [0.1, 0.15) is 0 Å². The number of carbonyl (C=O) groups excluding carboxylic acids is 1. The molecule has 0 aromatic rings. The summed E-state index contributed by atoms with van der Waals surface area (Å²) in [5.41, 5.74) is 5.14. The Morgan fingerprint density at radius 1 is 1.78 bits per heavy atom. The zero-order valence-corrected chi connectivity index (χ0v) is 6.24. The Morgan fingerprint density at radius 3 is 2.89 bits per heavy atom. The molecule has 4 heteroatoms. The lowest BCUT2D eigenvalue weighted by Gasteiger charge is -1.97. The van der Waals surface area contributed by atoms with Crippen LogP contribution < -0.4 is 5.73 Å². The topological polar surface area (TPSA) is 52.3 Å². The zero-order chi connectivity index (χ0) is 7.11. The van der Waals surface area contributed by atoms with Crippen LogP contribution in [-0.4, -0.2) is 24.2 Å². The van der Waals surface area contributed by atoms with Crippen molar-refractivity contribution in [3.63, 3.8) is 0 Å². The summed E-state index contributed by atoms with van der Waals surface area (Å²) in [5, 5.41) is -0.233. The molecular formula is C5H11NO2S. The van der Waals surface area contributed by atoms with E-state index in [0.29, 0.717) is 18.9 Å². The molecule has 0 atom stereocenters. The van der Waals surface area contributed by atoms with Gasteiger partial charge in [-0.05, 0) is 18.7 Å². The lowest BCUT2D eigenvalue weighted by Crippen LogP contribution is -2.05. The Kier molecular flexibility index (Phi) is 5.76. The monoisotopic (exact) mass is 149 g/mol. The lowest BCUT2D eigenvalue weighted by atomic mass is 10.8. The van der Waals surface area contributed by atoms with E-state index in [1.54, 1.807) is 6.92 Å². The molecule has 2 N–H and O–H groups in total. The molecule has 0 saturated heterocycles. The molecule has 0 fully saturated rings. The fraction of sp³-hybridized carbons (Fsp3) is 0.800. The van der Waals surface area contributed by atoms with Crippen molar-refractivity contribution in [2.45, 2.75) is 6.92 Å². The molecule has 0 heterocycles. The SMILES string of the molecule is CCOC(=O)SCCN. The molecule has 54 valence electrons. The number of nitrogens with two attached hydrogens (primary N) is 1. The predicted molar refractivity (Wildman–Crippen MR) is 38.5 cm³/mol. The van der Waals surface area contributed by atoms with E-state index in [1.165, 1.54) is 0 Å². The maximum absolute atomic E-state index is 10.5. The highest BCUT2D eigenvalue weighted by molar-refractivity contribution is 8.13. The van der Waals surface area contributed by atoms with Gasteiger partial charge in [0.2, 0.25) is 0 Å². The van der Waals surface area contributed by atoms with Crippen LogP contribution in [0.3, 0.4) is 0 Å². The average Bonchev–Trinajstić information content (AvgIpc) is 1.85. The fourth-order valence-electron chi connectivity index (χ4n) is 0.302. The van der Waals surface area contributed by atoms with Gasteiger partial charge in [0.25, 0.3) is 0 Å². The van der Waals surface area contributed by atoms with Crippen LogP contribution in [0.25, 0.3) is 0 Å². The van der Waals surface area contributed by atoms with E-state index in [0.717, 1.165) is 11.8 Å². The highest BCUT2D eigenvalue weighted by Crippen LogP contribution is 2.02. The first-order valence-electron chi connectivity index (χ1n) is 2.81. The molecule has 0 rings (SSSR count). The van der Waals surface area contributed by atoms with Crippen molar-refractivity contribution in [2.24, 2.45) is 5.73 Å². The third kappa shape index (κ3) is 5.65. The molecule has 0 aliphatic carbocycles. The summed E-state index contributed by atoms with van der Waals surface area (Å²) in [6.07, 6.45) is 0. The smallest absolute Gasteiger partial charge is 0.367 e. The second-order valence-electron chi connectivity index (χ2n) is 1.32. The summed E-state index contributed by atoms with van der Waals surface area (Å²) in [7, 11) is 0. The molecule has 0 unspecified atom stereocenters. The molecule has 0 saturated carbocycles. The third-order valence-corrected chi connectivity index (χ3v) is 1.39. The molecule has 9 heavy (non-hydrogen) atoms. The average molecular weight is 149 g/mol. The summed E-state index contributed by atoms with van der Waals surface area (Å²) in [4.78, 5) is 10.5. The van der Waals surface area contributed by atoms with Crippen LogP contribution in [0.5, 0.6) is 0 Å². The number of hydrogen-bond donors (Lipinski definition) is 1. The Bertz CT molecular complexity index is 87.0. The first kappa shape index (κ1) is 8.78. The first-order chi connectivity index (χ1) is 4.31. The summed E-state index contributed by atoms with van der Waals surface area (Å²) < 4.78 is 4.61. The number of rotatable bonds is 3. The Morgan fingerprint density at radius 2 is 2.44 bits per heavy atom. The largest absolute Gasteiger partial charge is 0.458 e. The Hall–Kier alpha value is -0.220. The summed E-state index contributed by atoms with van der Waals surface area (Å²) >= 11 is 1.11. The number of carbonyl (C=O) groups is 1. The molecule has 0 aromatic carbocycles. The van der Waals surface area contributed by atoms with E-state index < -0.39 is 0 Å². The van der Waals surface area contributed by atoms with Crippen molar-refractivity contribution in [3.8, 4) is 0 Å². The highest BCUT2D eigenvalue weighted by atomic mass is 32.2. The molecule has 3 nitrogen and oxygen atoms in total. The minimum absolute atomic E-state index is 0.233. The molecular weight excluding hydrogens is 138 g/mol. The lowest BCUT2D eigenvalue weighted by molar-refractivity contribution is 0.181. The predicted octanol–water partition coefficient (Wildman–Crippen LogP) is 0.835. The minimum Gasteiger partial charge on any atom is -0.458 e. The second kappa shape index (κ2) is 5.91. The molecule has 0 spiro atoms. The van der Waals surface area contributed by atoms with Crippen LogP contribution >= 0.6 is 11.8 Å². The number of thioether (sulfide) groups is 1. The van der Waals surface area contributed by atoms with E-state index in [1.807, 2.05) is 0 Å². The standard InChI is InChI=1S/C5H11NO2S/c1-2-8-5(7)9-4-3-6/h2-4,6H2,1H3. The van der Waals surface area contributed by atoms with Crippen LogP contribution in [0.2, 0.25) is 0 Å². The summed E-state index contributed by atoms with van der Waals surface area (Å²) in [6, 6.07) is 0. The van der Waals surface area contributed by atoms with Gasteiger partial charge in [-0.25, -0.2) is 4.79 Å². The zero-order valence-electron chi connectivity index (χ0n) is 5.42. The van der Waals surface area contributed by atoms with E-state index in [-0.39, 0.29) is 5.30 Å². The van der Waals surface area contributed by atoms with Crippen LogP contribution in [0.4, 0.5) is 4.79 Å². The maximum Gasteiger partial charge on any atom is 0.367 e. The molecule has 0 bridgehead atoms. The van der Waals surface area contributed by atoms with E-state index in [4.69, 9.17) is 5.73 Å². The van der Waals surface area contributed by atoms with Crippen molar-refractivity contribution in [3.05, 3.63) is 0 Å². The molecule has 0 radical (unpaired) electrons. The quantitative estimate of drug-likeness (QED) is 0.604. The van der Waals surface area contributed by atoms with Gasteiger partial charge in [-0.1, -0.05) is 0 Å². The van der Waals surface area contributed by atoms with Crippen LogP contribution in [0.1, 0.15) is 6.92 Å². The van der Waals surface area contributed by atoms with Gasteiger partial charge < -0.3 is 10.5 Å². The highest BCUT2D eigenvalue weighted by Gasteiger charge is 1.98. The van der Waals surface area contributed by atoms with Gasteiger partial charge in [0.15, 0.2) is 0 Å². The van der Waals surface area contributed by atoms with Crippen molar-refractivity contribution >= 4 is 17.1 Å². The second-order valence-corrected chi connectivity index (χ2v) is 2.35. The first-order valence-corrected chi connectivity index (χ1v) is 3.79. The van der Waals surface area contributed by atoms with Gasteiger partial charge >= 0.3 is 5.30 Å². The fourth-order valence-corrected chi connectivity index (χ4v) is 0.787. The summed E-state index contributed by atoms with van der Waals surface area (Å²) in [6.45, 7) is 2.74. The van der Waals surface area contributed by atoms with Crippen LogP contribution in [-0.2, 0) is 4.74 Å².